The topological polar surface area (TPSA) is 80.8 Å². The number of pyridine rings is 1. The maximum Gasteiger partial charge on any atom is 0.231 e. The number of guanidine groups is 1. The monoisotopic (exact) mass is 338 g/mol. The van der Waals surface area contributed by atoms with Crippen molar-refractivity contribution < 1.29 is 9.53 Å². The second-order valence-corrected chi connectivity index (χ2v) is 6.26. The second-order valence-electron chi connectivity index (χ2n) is 6.26. The van der Waals surface area contributed by atoms with Crippen LogP contribution in [0.3, 0.4) is 0 Å². The van der Waals surface area contributed by atoms with Crippen LogP contribution < -0.4 is 10.5 Å². The van der Waals surface area contributed by atoms with Gasteiger partial charge in [0.1, 0.15) is 5.75 Å². The van der Waals surface area contributed by atoms with E-state index in [0.29, 0.717) is 6.61 Å². The summed E-state index contributed by atoms with van der Waals surface area (Å²) in [4.78, 5) is 22.6. The van der Waals surface area contributed by atoms with Crippen molar-refractivity contribution in [1.29, 1.82) is 0 Å². The van der Waals surface area contributed by atoms with Gasteiger partial charge in [-0.25, -0.2) is 4.99 Å². The lowest BCUT2D eigenvalue weighted by Gasteiger charge is -2.33. The first kappa shape index (κ1) is 17.0. The summed E-state index contributed by atoms with van der Waals surface area (Å²) in [7, 11) is 1.64. The molecule has 1 aromatic carbocycles. The summed E-state index contributed by atoms with van der Waals surface area (Å²) in [6.07, 6.45) is 2.00. The zero-order valence-corrected chi connectivity index (χ0v) is 14.7. The standard InChI is InChI=1S/C19H22N4O2/c1-4-25-15-7-5-6-13(10-15)16-11-14(8-9-21-16)19(2)12-17(24)23(3)18(20)22-19/h5-11H,4,12H2,1-3H3,(H2,20,22)/t19-/m0/s1. The van der Waals surface area contributed by atoms with Crippen molar-refractivity contribution in [2.45, 2.75) is 25.8 Å². The SMILES string of the molecule is CCOc1cccc(-c2cc([C@]3(C)CC(=O)N(C)C(N)=N3)ccn2)c1. The maximum atomic E-state index is 12.2. The van der Waals surface area contributed by atoms with E-state index in [0.717, 1.165) is 22.6 Å². The number of rotatable bonds is 4. The number of hydrogen-bond acceptors (Lipinski definition) is 5. The second kappa shape index (κ2) is 6.55. The van der Waals surface area contributed by atoms with E-state index in [-0.39, 0.29) is 18.3 Å². The molecule has 0 aliphatic carbocycles. The maximum absolute atomic E-state index is 12.2. The van der Waals surface area contributed by atoms with Crippen LogP contribution in [-0.2, 0) is 10.3 Å². The Labute approximate surface area is 147 Å². The molecule has 0 fully saturated rings. The van der Waals surface area contributed by atoms with Gasteiger partial charge in [0.25, 0.3) is 0 Å². The van der Waals surface area contributed by atoms with Crippen LogP contribution >= 0.6 is 0 Å². The summed E-state index contributed by atoms with van der Waals surface area (Å²) >= 11 is 0. The molecule has 0 unspecified atom stereocenters. The molecule has 130 valence electrons. The molecule has 25 heavy (non-hydrogen) atoms. The molecule has 0 radical (unpaired) electrons. The number of amides is 1. The van der Waals surface area contributed by atoms with Gasteiger partial charge in [0.15, 0.2) is 5.96 Å². The number of ether oxygens (including phenoxy) is 1. The summed E-state index contributed by atoms with van der Waals surface area (Å²) in [5, 5.41) is 0. The molecule has 2 N–H and O–H groups in total. The molecule has 6 heteroatoms. The van der Waals surface area contributed by atoms with Crippen molar-refractivity contribution in [3.05, 3.63) is 48.2 Å². The lowest BCUT2D eigenvalue weighted by atomic mass is 9.87. The van der Waals surface area contributed by atoms with Crippen LogP contribution in [0.15, 0.2) is 47.6 Å². The van der Waals surface area contributed by atoms with Crippen LogP contribution in [0.25, 0.3) is 11.3 Å². The first-order valence-corrected chi connectivity index (χ1v) is 8.24. The molecule has 0 saturated carbocycles. The third-order valence-corrected chi connectivity index (χ3v) is 4.40. The van der Waals surface area contributed by atoms with E-state index >= 15 is 0 Å². The first-order chi connectivity index (χ1) is 11.9. The summed E-state index contributed by atoms with van der Waals surface area (Å²) in [6, 6.07) is 11.6. The third-order valence-electron chi connectivity index (χ3n) is 4.40. The van der Waals surface area contributed by atoms with Crippen molar-refractivity contribution in [2.75, 3.05) is 13.7 Å². The van der Waals surface area contributed by atoms with Gasteiger partial charge in [-0.05, 0) is 43.7 Å². The average Bonchev–Trinajstić information content (AvgIpc) is 2.60. The quantitative estimate of drug-likeness (QED) is 0.929. The van der Waals surface area contributed by atoms with Gasteiger partial charge in [-0.1, -0.05) is 12.1 Å². The molecule has 1 atom stereocenters. The normalized spacial score (nSPS) is 20.4. The Balaban J connectivity index is 2.00. The molecule has 1 amide bonds. The minimum atomic E-state index is -0.692. The molecule has 2 heterocycles. The Hall–Kier alpha value is -2.89. The number of nitrogens with two attached hydrogens (primary N) is 1. The predicted molar refractivity (Wildman–Crippen MR) is 97.2 cm³/mol. The van der Waals surface area contributed by atoms with Gasteiger partial charge >= 0.3 is 0 Å². The van der Waals surface area contributed by atoms with Gasteiger partial charge in [-0.2, -0.15) is 0 Å². The lowest BCUT2D eigenvalue weighted by Crippen LogP contribution is -2.47. The van der Waals surface area contributed by atoms with E-state index in [1.165, 1.54) is 4.90 Å². The van der Waals surface area contributed by atoms with Crippen molar-refractivity contribution in [3.63, 3.8) is 0 Å². The van der Waals surface area contributed by atoms with Crippen molar-refractivity contribution >= 4 is 11.9 Å². The summed E-state index contributed by atoms with van der Waals surface area (Å²) in [5.41, 5.74) is 7.88. The summed E-state index contributed by atoms with van der Waals surface area (Å²) < 4.78 is 5.56. The van der Waals surface area contributed by atoms with Gasteiger partial charge in [-0.3, -0.25) is 14.7 Å². The fraction of sp³-hybridized carbons (Fsp3) is 0.316. The minimum Gasteiger partial charge on any atom is -0.494 e. The van der Waals surface area contributed by atoms with Crippen LogP contribution in [-0.4, -0.2) is 35.4 Å². The number of hydrogen-bond donors (Lipinski definition) is 1. The smallest absolute Gasteiger partial charge is 0.231 e. The molecule has 1 aliphatic rings. The molecule has 3 rings (SSSR count). The summed E-state index contributed by atoms with van der Waals surface area (Å²) in [6.45, 7) is 4.48. The summed E-state index contributed by atoms with van der Waals surface area (Å²) in [5.74, 6) is 0.984. The molecular weight excluding hydrogens is 316 g/mol. The van der Waals surface area contributed by atoms with Crippen molar-refractivity contribution in [3.8, 4) is 17.0 Å². The molecule has 0 saturated heterocycles. The van der Waals surface area contributed by atoms with Crippen LogP contribution in [0.2, 0.25) is 0 Å². The van der Waals surface area contributed by atoms with E-state index < -0.39 is 5.54 Å². The molecular formula is C19H22N4O2. The zero-order chi connectivity index (χ0) is 18.0. The van der Waals surface area contributed by atoms with Crippen molar-refractivity contribution in [1.82, 2.24) is 9.88 Å². The largest absolute Gasteiger partial charge is 0.494 e. The van der Waals surface area contributed by atoms with E-state index in [2.05, 4.69) is 9.98 Å². The van der Waals surface area contributed by atoms with Crippen LogP contribution in [0.1, 0.15) is 25.8 Å². The molecule has 0 bridgehead atoms. The highest BCUT2D eigenvalue weighted by Gasteiger charge is 2.36. The van der Waals surface area contributed by atoms with Gasteiger partial charge < -0.3 is 10.5 Å². The van der Waals surface area contributed by atoms with E-state index in [1.807, 2.05) is 50.2 Å². The van der Waals surface area contributed by atoms with E-state index in [9.17, 15) is 4.79 Å². The minimum absolute atomic E-state index is 0.0493. The zero-order valence-electron chi connectivity index (χ0n) is 14.7. The van der Waals surface area contributed by atoms with Crippen LogP contribution in [0.4, 0.5) is 0 Å². The average molecular weight is 338 g/mol. The predicted octanol–water partition coefficient (Wildman–Crippen LogP) is 2.54. The molecule has 1 aromatic heterocycles. The van der Waals surface area contributed by atoms with Crippen LogP contribution in [0, 0.1) is 0 Å². The fourth-order valence-electron chi connectivity index (χ4n) is 2.91. The highest BCUT2D eigenvalue weighted by molar-refractivity contribution is 5.98. The van der Waals surface area contributed by atoms with Gasteiger partial charge in [0, 0.05) is 18.8 Å². The third kappa shape index (κ3) is 3.33. The molecule has 6 nitrogen and oxygen atoms in total. The van der Waals surface area contributed by atoms with Crippen LogP contribution in [0.5, 0.6) is 5.75 Å². The Morgan fingerprint density at radius 3 is 2.84 bits per heavy atom. The van der Waals surface area contributed by atoms with Gasteiger partial charge in [-0.15, -0.1) is 0 Å². The van der Waals surface area contributed by atoms with Gasteiger partial charge in [0.05, 0.1) is 24.3 Å². The Kier molecular flexibility index (Phi) is 4.44. The number of aromatic nitrogens is 1. The Bertz CT molecular complexity index is 834. The highest BCUT2D eigenvalue weighted by atomic mass is 16.5. The van der Waals surface area contributed by atoms with Gasteiger partial charge in [0.2, 0.25) is 5.91 Å². The number of aliphatic imine (C=N–C) groups is 1. The number of carbonyl (C=O) groups is 1. The highest BCUT2D eigenvalue weighted by Crippen LogP contribution is 2.34. The molecule has 2 aromatic rings. The van der Waals surface area contributed by atoms with Crippen molar-refractivity contribution in [2.24, 2.45) is 10.7 Å². The number of benzene rings is 1. The molecule has 1 aliphatic heterocycles. The number of carbonyl (C=O) groups excluding carboxylic acids is 1. The number of nitrogens with zero attached hydrogens (tertiary/aromatic N) is 3. The van der Waals surface area contributed by atoms with E-state index in [4.69, 9.17) is 10.5 Å². The Morgan fingerprint density at radius 2 is 2.12 bits per heavy atom. The van der Waals surface area contributed by atoms with E-state index in [1.54, 1.807) is 13.2 Å². The first-order valence-electron chi connectivity index (χ1n) is 8.24. The lowest BCUT2D eigenvalue weighted by molar-refractivity contribution is -0.128. The Morgan fingerprint density at radius 1 is 1.32 bits per heavy atom. The molecule has 0 spiro atoms. The fourth-order valence-corrected chi connectivity index (χ4v) is 2.91.